The van der Waals surface area contributed by atoms with Gasteiger partial charge in [0.25, 0.3) is 0 Å². The number of fused-ring (bicyclic) bond motifs is 1. The number of halogens is 6. The predicted octanol–water partition coefficient (Wildman–Crippen LogP) is 3.49. The molecule has 1 aliphatic rings. The Balaban J connectivity index is 2.10. The summed E-state index contributed by atoms with van der Waals surface area (Å²) in [4.78, 5) is 12.7. The molecule has 1 aliphatic heterocycles. The van der Waals surface area contributed by atoms with Gasteiger partial charge in [-0.25, -0.2) is 4.68 Å². The lowest BCUT2D eigenvalue weighted by molar-refractivity contribution is -0.142. The Morgan fingerprint density at radius 2 is 1.67 bits per heavy atom. The Bertz CT molecular complexity index is 854. The fourth-order valence-electron chi connectivity index (χ4n) is 3.08. The van der Waals surface area contributed by atoms with Crippen molar-refractivity contribution in [3.63, 3.8) is 0 Å². The first kappa shape index (κ1) is 19.1. The summed E-state index contributed by atoms with van der Waals surface area (Å²) in [6.45, 7) is 0.453. The highest BCUT2D eigenvalue weighted by atomic mass is 19.4. The minimum absolute atomic E-state index is 0.0205. The second-order valence-corrected chi connectivity index (χ2v) is 6.06. The second kappa shape index (κ2) is 6.46. The van der Waals surface area contributed by atoms with Crippen LogP contribution in [0, 0.1) is 0 Å². The van der Waals surface area contributed by atoms with Crippen LogP contribution in [0.1, 0.15) is 23.2 Å². The number of nitrogens with zero attached hydrogens (tertiary/aromatic N) is 3. The SMILES string of the molecule is NC(=O)Cc1c(C(F)(F)F)nn2c1N(c1ccc(C(F)(F)F)cc1)CCC2. The van der Waals surface area contributed by atoms with Crippen molar-refractivity contribution in [3.8, 4) is 0 Å². The van der Waals surface area contributed by atoms with Crippen molar-refractivity contribution in [2.45, 2.75) is 31.7 Å². The van der Waals surface area contributed by atoms with Gasteiger partial charge >= 0.3 is 12.4 Å². The zero-order valence-corrected chi connectivity index (χ0v) is 13.7. The number of amides is 1. The van der Waals surface area contributed by atoms with Crippen LogP contribution in [0.3, 0.4) is 0 Å². The summed E-state index contributed by atoms with van der Waals surface area (Å²) in [7, 11) is 0. The molecule has 3 rings (SSSR count). The maximum atomic E-state index is 13.3. The molecule has 1 aromatic heterocycles. The molecular weight excluding hydrogens is 378 g/mol. The highest BCUT2D eigenvalue weighted by molar-refractivity contribution is 5.80. The maximum absolute atomic E-state index is 13.3. The van der Waals surface area contributed by atoms with Crippen LogP contribution in [0.5, 0.6) is 0 Å². The lowest BCUT2D eigenvalue weighted by Crippen LogP contribution is -2.29. The third-order valence-corrected chi connectivity index (χ3v) is 4.15. The van der Waals surface area contributed by atoms with E-state index in [1.54, 1.807) is 0 Å². The maximum Gasteiger partial charge on any atom is 0.435 e. The highest BCUT2D eigenvalue weighted by Crippen LogP contribution is 2.41. The van der Waals surface area contributed by atoms with Crippen LogP contribution < -0.4 is 10.6 Å². The average molecular weight is 392 g/mol. The van der Waals surface area contributed by atoms with Crippen molar-refractivity contribution in [1.82, 2.24) is 9.78 Å². The molecule has 1 aromatic carbocycles. The minimum Gasteiger partial charge on any atom is -0.369 e. The van der Waals surface area contributed by atoms with Crippen molar-refractivity contribution in [1.29, 1.82) is 0 Å². The van der Waals surface area contributed by atoms with E-state index in [1.165, 1.54) is 17.0 Å². The lowest BCUT2D eigenvalue weighted by Gasteiger charge is -2.31. The summed E-state index contributed by atoms with van der Waals surface area (Å²) < 4.78 is 79.3. The Morgan fingerprint density at radius 3 is 2.19 bits per heavy atom. The molecule has 5 nitrogen and oxygen atoms in total. The molecule has 27 heavy (non-hydrogen) atoms. The van der Waals surface area contributed by atoms with Crippen LogP contribution in [0.15, 0.2) is 24.3 Å². The molecule has 2 aromatic rings. The zero-order valence-electron chi connectivity index (χ0n) is 13.7. The molecule has 0 aliphatic carbocycles. The predicted molar refractivity (Wildman–Crippen MR) is 83.2 cm³/mol. The summed E-state index contributed by atoms with van der Waals surface area (Å²) in [6, 6.07) is 4.05. The number of carbonyl (C=O) groups is 1. The van der Waals surface area contributed by atoms with Gasteiger partial charge in [0.05, 0.1) is 12.0 Å². The van der Waals surface area contributed by atoms with Crippen molar-refractivity contribution in [2.24, 2.45) is 5.73 Å². The summed E-state index contributed by atoms with van der Waals surface area (Å²) >= 11 is 0. The van der Waals surface area contributed by atoms with Gasteiger partial charge in [-0.15, -0.1) is 0 Å². The van der Waals surface area contributed by atoms with Gasteiger partial charge in [0.15, 0.2) is 5.69 Å². The molecule has 0 spiro atoms. The standard InChI is InChI=1S/C16H14F6N4O/c17-15(18,19)9-2-4-10(5-3-9)25-6-1-7-26-14(25)11(8-12(23)27)13(24-26)16(20,21)22/h2-5H,1,6-8H2,(H2,23,27). The zero-order chi connectivity index (χ0) is 20.0. The van der Waals surface area contributed by atoms with E-state index in [9.17, 15) is 31.1 Å². The number of nitrogens with two attached hydrogens (primary N) is 1. The van der Waals surface area contributed by atoms with E-state index >= 15 is 0 Å². The van der Waals surface area contributed by atoms with E-state index in [2.05, 4.69) is 5.10 Å². The molecule has 2 N–H and O–H groups in total. The molecule has 0 saturated heterocycles. The summed E-state index contributed by atoms with van der Waals surface area (Å²) in [5.41, 5.74) is 2.90. The molecular formula is C16H14F6N4O. The number of aromatic nitrogens is 2. The molecule has 0 fully saturated rings. The number of primary amides is 1. The summed E-state index contributed by atoms with van der Waals surface area (Å²) in [5, 5.41) is 3.57. The van der Waals surface area contributed by atoms with Gasteiger partial charge in [-0.05, 0) is 30.7 Å². The van der Waals surface area contributed by atoms with E-state index < -0.39 is 35.9 Å². The van der Waals surface area contributed by atoms with Crippen LogP contribution in [0.25, 0.3) is 0 Å². The van der Waals surface area contributed by atoms with Crippen molar-refractivity contribution >= 4 is 17.4 Å². The molecule has 0 bridgehead atoms. The molecule has 0 radical (unpaired) electrons. The van der Waals surface area contributed by atoms with Gasteiger partial charge in [-0.1, -0.05) is 0 Å². The molecule has 11 heteroatoms. The van der Waals surface area contributed by atoms with Gasteiger partial charge in [0.2, 0.25) is 5.91 Å². The van der Waals surface area contributed by atoms with Crippen molar-refractivity contribution in [2.75, 3.05) is 11.4 Å². The highest BCUT2D eigenvalue weighted by Gasteiger charge is 2.41. The van der Waals surface area contributed by atoms with Crippen LogP contribution >= 0.6 is 0 Å². The van der Waals surface area contributed by atoms with Crippen molar-refractivity contribution in [3.05, 3.63) is 41.1 Å². The number of rotatable bonds is 3. The van der Waals surface area contributed by atoms with E-state index in [-0.39, 0.29) is 30.2 Å². The van der Waals surface area contributed by atoms with E-state index in [0.29, 0.717) is 6.42 Å². The van der Waals surface area contributed by atoms with Crippen LogP contribution in [-0.2, 0) is 30.1 Å². The Morgan fingerprint density at radius 1 is 1.04 bits per heavy atom. The van der Waals surface area contributed by atoms with Crippen molar-refractivity contribution < 1.29 is 31.1 Å². The fourth-order valence-corrected chi connectivity index (χ4v) is 3.08. The van der Waals surface area contributed by atoms with Gasteiger partial charge in [0.1, 0.15) is 5.82 Å². The van der Waals surface area contributed by atoms with Crippen LogP contribution in [0.2, 0.25) is 0 Å². The fraction of sp³-hybridized carbons (Fsp3) is 0.375. The number of alkyl halides is 6. The molecule has 0 atom stereocenters. The van der Waals surface area contributed by atoms with E-state index in [4.69, 9.17) is 5.73 Å². The van der Waals surface area contributed by atoms with E-state index in [1.807, 2.05) is 0 Å². The number of benzene rings is 1. The smallest absolute Gasteiger partial charge is 0.369 e. The molecule has 0 unspecified atom stereocenters. The average Bonchev–Trinajstić information content (AvgIpc) is 2.92. The summed E-state index contributed by atoms with van der Waals surface area (Å²) in [6.07, 6.45) is -9.56. The monoisotopic (exact) mass is 392 g/mol. The normalized spacial score (nSPS) is 15.0. The van der Waals surface area contributed by atoms with Crippen LogP contribution in [-0.4, -0.2) is 22.2 Å². The number of carbonyl (C=O) groups excluding carboxylic acids is 1. The quantitative estimate of drug-likeness (QED) is 0.814. The summed E-state index contributed by atoms with van der Waals surface area (Å²) in [5.74, 6) is -0.943. The van der Waals surface area contributed by atoms with E-state index in [0.717, 1.165) is 16.8 Å². The number of hydrogen-bond donors (Lipinski definition) is 1. The first-order valence-corrected chi connectivity index (χ1v) is 7.88. The number of aryl methyl sites for hydroxylation is 1. The Labute approximate surface area is 149 Å². The third kappa shape index (κ3) is 3.71. The van der Waals surface area contributed by atoms with Gasteiger partial charge < -0.3 is 10.6 Å². The largest absolute Gasteiger partial charge is 0.435 e. The van der Waals surface area contributed by atoms with Crippen LogP contribution in [0.4, 0.5) is 37.8 Å². The molecule has 1 amide bonds. The Hall–Kier alpha value is -2.72. The molecule has 2 heterocycles. The Kier molecular flexibility index (Phi) is 4.56. The van der Waals surface area contributed by atoms with Gasteiger partial charge in [-0.2, -0.15) is 31.4 Å². The minimum atomic E-state index is -4.79. The first-order chi connectivity index (χ1) is 12.5. The first-order valence-electron chi connectivity index (χ1n) is 7.88. The topological polar surface area (TPSA) is 64.2 Å². The van der Waals surface area contributed by atoms with Gasteiger partial charge in [-0.3, -0.25) is 4.79 Å². The number of anilines is 2. The molecule has 146 valence electrons. The second-order valence-electron chi connectivity index (χ2n) is 6.06. The molecule has 0 saturated carbocycles. The number of hydrogen-bond acceptors (Lipinski definition) is 3. The lowest BCUT2D eigenvalue weighted by atomic mass is 10.1. The van der Waals surface area contributed by atoms with Gasteiger partial charge in [0, 0.05) is 24.3 Å². The third-order valence-electron chi connectivity index (χ3n) is 4.15.